The van der Waals surface area contributed by atoms with E-state index >= 15 is 0 Å². The standard InChI is InChI=1S/C48H32/c1-4-17-33(18-5-1)36-31-32-45(40-24-11-10-23-39(36)40)46-41-25-12-14-27-43(41)48(44-28-15-13-26-42(44)46)47-37(34-19-6-2-7-20-34)29-16-30-38(47)35-21-8-3-9-22-35/h1-32H/i1D,4D,5D,10D,11D,12D,13D,14D,15D,17D,18D,23D,24D,25D,26D,27D,28D,31D,32D. The van der Waals surface area contributed by atoms with Gasteiger partial charge in [0.1, 0.15) is 0 Å². The maximum atomic E-state index is 9.81. The van der Waals surface area contributed by atoms with Crippen LogP contribution >= 0.6 is 0 Å². The van der Waals surface area contributed by atoms with Crippen LogP contribution in [0.15, 0.2) is 194 Å². The molecule has 0 aromatic heterocycles. The predicted molar refractivity (Wildman–Crippen MR) is 206 cm³/mol. The zero-order valence-corrected chi connectivity index (χ0v) is 25.0. The van der Waals surface area contributed by atoms with Crippen molar-refractivity contribution in [3.63, 3.8) is 0 Å². The molecule has 48 heavy (non-hydrogen) atoms. The molecular weight excluding hydrogens is 577 g/mol. The van der Waals surface area contributed by atoms with Gasteiger partial charge in [-0.25, -0.2) is 0 Å². The summed E-state index contributed by atoms with van der Waals surface area (Å²) >= 11 is 0. The van der Waals surface area contributed by atoms with Crippen molar-refractivity contribution in [2.75, 3.05) is 0 Å². The molecule has 9 aromatic rings. The van der Waals surface area contributed by atoms with Crippen molar-refractivity contribution in [1.29, 1.82) is 0 Å². The maximum absolute atomic E-state index is 9.81. The number of hydrogen-bond donors (Lipinski definition) is 0. The minimum absolute atomic E-state index is 0.0364. The van der Waals surface area contributed by atoms with Gasteiger partial charge >= 0.3 is 0 Å². The monoisotopic (exact) mass is 627 g/mol. The molecule has 0 bridgehead atoms. The average Bonchev–Trinajstić information content (AvgIpc) is 3.34. The van der Waals surface area contributed by atoms with Gasteiger partial charge in [-0.1, -0.05) is 194 Å². The van der Waals surface area contributed by atoms with E-state index in [1.54, 1.807) is 54.6 Å². The van der Waals surface area contributed by atoms with Gasteiger partial charge in [-0.3, -0.25) is 0 Å². The molecule has 9 aromatic carbocycles. The minimum Gasteiger partial charge on any atom is -0.0622 e. The Hall–Kier alpha value is -6.24. The van der Waals surface area contributed by atoms with Crippen LogP contribution in [0.4, 0.5) is 0 Å². The van der Waals surface area contributed by atoms with Crippen LogP contribution in [0.25, 0.3) is 88.0 Å². The van der Waals surface area contributed by atoms with Crippen molar-refractivity contribution in [3.05, 3.63) is 194 Å². The molecule has 224 valence electrons. The summed E-state index contributed by atoms with van der Waals surface area (Å²) in [6, 6.07) is 8.25. The fourth-order valence-corrected chi connectivity index (χ4v) is 6.35. The highest BCUT2D eigenvalue weighted by Gasteiger charge is 2.22. The second kappa shape index (κ2) is 11.8. The molecule has 0 saturated carbocycles. The molecule has 0 aliphatic heterocycles. The van der Waals surface area contributed by atoms with Crippen LogP contribution in [0, 0.1) is 0 Å². The lowest BCUT2D eigenvalue weighted by molar-refractivity contribution is 1.58. The normalized spacial score (nSPS) is 16.9. The van der Waals surface area contributed by atoms with Gasteiger partial charge in [0, 0.05) is 0 Å². The average molecular weight is 628 g/mol. The Morgan fingerprint density at radius 2 is 0.667 bits per heavy atom. The molecular formula is C48H32. The number of rotatable bonds is 5. The van der Waals surface area contributed by atoms with E-state index in [2.05, 4.69) is 0 Å². The first-order valence-electron chi connectivity index (χ1n) is 24.6. The fourth-order valence-electron chi connectivity index (χ4n) is 6.35. The zero-order valence-electron chi connectivity index (χ0n) is 44.0. The van der Waals surface area contributed by atoms with Crippen LogP contribution in [0.2, 0.25) is 0 Å². The Morgan fingerprint density at radius 3 is 1.19 bits per heavy atom. The second-order valence-electron chi connectivity index (χ2n) is 11.0. The minimum atomic E-state index is -0.904. The van der Waals surface area contributed by atoms with Crippen LogP contribution < -0.4 is 0 Å². The highest BCUT2D eigenvalue weighted by molar-refractivity contribution is 6.26. The van der Waals surface area contributed by atoms with Crippen LogP contribution in [0.3, 0.4) is 0 Å². The van der Waals surface area contributed by atoms with Gasteiger partial charge in [0.2, 0.25) is 0 Å². The third-order valence-corrected chi connectivity index (χ3v) is 8.36. The van der Waals surface area contributed by atoms with Crippen molar-refractivity contribution in [3.8, 4) is 55.6 Å². The number of fused-ring (bicyclic) bond motifs is 3. The van der Waals surface area contributed by atoms with Crippen molar-refractivity contribution >= 4 is 32.3 Å². The van der Waals surface area contributed by atoms with Crippen LogP contribution in [-0.4, -0.2) is 0 Å². The maximum Gasteiger partial charge on any atom is 0.0630 e. The number of benzene rings is 9. The Kier molecular flexibility index (Phi) is 3.62. The molecule has 0 heterocycles. The van der Waals surface area contributed by atoms with Gasteiger partial charge in [-0.15, -0.1) is 0 Å². The first-order valence-corrected chi connectivity index (χ1v) is 15.1. The molecule has 0 aliphatic rings. The summed E-state index contributed by atoms with van der Waals surface area (Å²) in [6.45, 7) is 0. The lowest BCUT2D eigenvalue weighted by Crippen LogP contribution is -1.96. The SMILES string of the molecule is [2H]c1c([2H])c([2H])c(-c2c([2H])c([2H])c(-c3c4c([2H])c([2H])c([2H])c([2H])c4c(-c4c(-c5ccccc5)cccc4-c4ccccc4)c4c([2H])c([2H])c([2H])c([2H])c34)c3c([2H])c([2H])c([2H])c([2H])c23)c([2H])c1[2H]. The lowest BCUT2D eigenvalue weighted by Gasteiger charge is -2.23. The molecule has 0 N–H and O–H groups in total. The molecule has 0 radical (unpaired) electrons. The van der Waals surface area contributed by atoms with Gasteiger partial charge in [0.25, 0.3) is 0 Å². The second-order valence-corrected chi connectivity index (χ2v) is 11.0. The van der Waals surface area contributed by atoms with Crippen LogP contribution in [-0.2, 0) is 0 Å². The molecule has 0 amide bonds. The van der Waals surface area contributed by atoms with Gasteiger partial charge in [0.15, 0.2) is 0 Å². The fraction of sp³-hybridized carbons (Fsp3) is 0. The topological polar surface area (TPSA) is 0 Å². The summed E-state index contributed by atoms with van der Waals surface area (Å²) < 4.78 is 173. The highest BCUT2D eigenvalue weighted by atomic mass is 14.3. The Morgan fingerprint density at radius 1 is 0.250 bits per heavy atom. The van der Waals surface area contributed by atoms with Crippen LogP contribution in [0.1, 0.15) is 26.0 Å². The van der Waals surface area contributed by atoms with Crippen molar-refractivity contribution < 1.29 is 26.0 Å². The summed E-state index contributed by atoms with van der Waals surface area (Å²) in [5, 5.41) is -2.50. The third kappa shape index (κ3) is 4.62. The molecule has 0 spiro atoms. The quantitative estimate of drug-likeness (QED) is 0.167. The Labute approximate surface area is 307 Å². The molecule has 0 unspecified atom stereocenters. The zero-order chi connectivity index (χ0) is 48.4. The summed E-state index contributed by atoms with van der Waals surface area (Å²) in [5.74, 6) is 0. The molecule has 0 nitrogen and oxygen atoms in total. The Balaban J connectivity index is 1.66. The first kappa shape index (κ1) is 14.7. The van der Waals surface area contributed by atoms with Gasteiger partial charge < -0.3 is 0 Å². The third-order valence-electron chi connectivity index (χ3n) is 8.36. The molecule has 0 saturated heterocycles. The van der Waals surface area contributed by atoms with Gasteiger partial charge in [-0.05, 0) is 88.0 Å². The van der Waals surface area contributed by atoms with E-state index in [1.165, 1.54) is 0 Å². The van der Waals surface area contributed by atoms with Gasteiger partial charge in [-0.2, -0.15) is 0 Å². The summed E-state index contributed by atoms with van der Waals surface area (Å²) in [7, 11) is 0. The summed E-state index contributed by atoms with van der Waals surface area (Å²) in [4.78, 5) is 0. The van der Waals surface area contributed by atoms with E-state index in [0.717, 1.165) is 0 Å². The Bertz CT molecular complexity index is 3500. The summed E-state index contributed by atoms with van der Waals surface area (Å²) in [5.41, 5.74) is 0.240. The number of hydrogen-bond acceptors (Lipinski definition) is 0. The van der Waals surface area contributed by atoms with E-state index in [9.17, 15) is 11.0 Å². The van der Waals surface area contributed by atoms with E-state index in [4.69, 9.17) is 15.1 Å². The molecule has 0 aliphatic carbocycles. The predicted octanol–water partition coefficient (Wildman–Crippen LogP) is 13.5. The van der Waals surface area contributed by atoms with Crippen molar-refractivity contribution in [1.82, 2.24) is 0 Å². The van der Waals surface area contributed by atoms with Crippen molar-refractivity contribution in [2.45, 2.75) is 0 Å². The van der Waals surface area contributed by atoms with E-state index < -0.39 is 159 Å². The van der Waals surface area contributed by atoms with Crippen LogP contribution in [0.5, 0.6) is 0 Å². The highest BCUT2D eigenvalue weighted by Crippen LogP contribution is 2.50. The summed E-state index contributed by atoms with van der Waals surface area (Å²) in [6.07, 6.45) is 0. The van der Waals surface area contributed by atoms with Gasteiger partial charge in [0.05, 0.1) is 26.0 Å². The van der Waals surface area contributed by atoms with E-state index in [1.807, 2.05) is 24.3 Å². The molecule has 0 heteroatoms. The van der Waals surface area contributed by atoms with E-state index in [0.29, 0.717) is 27.8 Å². The lowest BCUT2D eigenvalue weighted by atomic mass is 9.80. The smallest absolute Gasteiger partial charge is 0.0622 e. The molecule has 0 atom stereocenters. The van der Waals surface area contributed by atoms with Crippen molar-refractivity contribution in [2.24, 2.45) is 0 Å². The van der Waals surface area contributed by atoms with E-state index in [-0.39, 0.29) is 16.3 Å². The molecule has 9 rings (SSSR count). The largest absolute Gasteiger partial charge is 0.0630 e. The molecule has 0 fully saturated rings. The first-order chi connectivity index (χ1) is 31.8.